The summed E-state index contributed by atoms with van der Waals surface area (Å²) in [5, 5.41) is 1.19. The van der Waals surface area contributed by atoms with Gasteiger partial charge in [-0.15, -0.1) is 0 Å². The van der Waals surface area contributed by atoms with Gasteiger partial charge in [0.2, 0.25) is 0 Å². The first-order valence-electron chi connectivity index (χ1n) is 5.35. The Labute approximate surface area is 94.4 Å². The molecule has 0 spiro atoms. The zero-order valence-corrected chi connectivity index (χ0v) is 10.4. The molecule has 0 unspecified atom stereocenters. The number of thiazole rings is 1. The Bertz CT molecular complexity index is 471. The molecule has 0 N–H and O–H groups in total. The van der Waals surface area contributed by atoms with Gasteiger partial charge in [-0.25, -0.2) is 9.97 Å². The molecular formula is C12H16N2S. The highest BCUT2D eigenvalue weighted by Crippen LogP contribution is 2.30. The predicted octanol–water partition coefficient (Wildman–Crippen LogP) is 3.94. The summed E-state index contributed by atoms with van der Waals surface area (Å²) in [6.07, 6.45) is 1.89. The normalized spacial score (nSPS) is 11.9. The fourth-order valence-electron chi connectivity index (χ4n) is 1.58. The van der Waals surface area contributed by atoms with Gasteiger partial charge in [-0.2, -0.15) is 0 Å². The van der Waals surface area contributed by atoms with Crippen molar-refractivity contribution in [3.8, 4) is 0 Å². The maximum absolute atomic E-state index is 4.69. The standard InChI is InChI=1S/C12H16N2S/c1-7(2)9-5-6-13-12-10(9)14-11(15-12)8(3)4/h5-8H,1-4H3. The Morgan fingerprint density at radius 2 is 1.87 bits per heavy atom. The largest absolute Gasteiger partial charge is 0.244 e. The van der Waals surface area contributed by atoms with E-state index in [-0.39, 0.29) is 0 Å². The van der Waals surface area contributed by atoms with E-state index in [1.165, 1.54) is 10.6 Å². The molecule has 0 atom stereocenters. The van der Waals surface area contributed by atoms with Gasteiger partial charge in [0.1, 0.15) is 10.3 Å². The average molecular weight is 220 g/mol. The van der Waals surface area contributed by atoms with Gasteiger partial charge in [0.05, 0.1) is 5.01 Å². The summed E-state index contributed by atoms with van der Waals surface area (Å²) >= 11 is 1.71. The molecule has 0 saturated carbocycles. The van der Waals surface area contributed by atoms with Gasteiger partial charge in [0.15, 0.2) is 0 Å². The lowest BCUT2D eigenvalue weighted by Gasteiger charge is -2.04. The molecular weight excluding hydrogens is 204 g/mol. The van der Waals surface area contributed by atoms with Crippen molar-refractivity contribution in [1.82, 2.24) is 9.97 Å². The first-order valence-corrected chi connectivity index (χ1v) is 6.16. The van der Waals surface area contributed by atoms with Crippen LogP contribution in [0.4, 0.5) is 0 Å². The smallest absolute Gasteiger partial charge is 0.143 e. The Kier molecular flexibility index (Phi) is 2.74. The molecule has 0 aliphatic rings. The molecule has 0 aliphatic heterocycles. The molecule has 3 heteroatoms. The van der Waals surface area contributed by atoms with Crippen molar-refractivity contribution in [2.75, 3.05) is 0 Å². The summed E-state index contributed by atoms with van der Waals surface area (Å²) < 4.78 is 0. The molecule has 2 heterocycles. The zero-order chi connectivity index (χ0) is 11.0. The molecule has 0 saturated heterocycles. The van der Waals surface area contributed by atoms with Crippen LogP contribution in [-0.2, 0) is 0 Å². The van der Waals surface area contributed by atoms with Crippen LogP contribution in [0.3, 0.4) is 0 Å². The number of aromatic nitrogens is 2. The minimum absolute atomic E-state index is 0.490. The second kappa shape index (κ2) is 3.89. The van der Waals surface area contributed by atoms with E-state index >= 15 is 0 Å². The molecule has 2 aromatic heterocycles. The molecule has 0 aliphatic carbocycles. The first kappa shape index (κ1) is 10.6. The molecule has 0 fully saturated rings. The molecule has 2 aromatic rings. The van der Waals surface area contributed by atoms with Crippen LogP contribution in [-0.4, -0.2) is 9.97 Å². The maximum atomic E-state index is 4.69. The highest BCUT2D eigenvalue weighted by atomic mass is 32.1. The zero-order valence-electron chi connectivity index (χ0n) is 9.61. The molecule has 15 heavy (non-hydrogen) atoms. The van der Waals surface area contributed by atoms with Crippen molar-refractivity contribution in [1.29, 1.82) is 0 Å². The highest BCUT2D eigenvalue weighted by Gasteiger charge is 2.12. The van der Waals surface area contributed by atoms with Gasteiger partial charge >= 0.3 is 0 Å². The Hall–Kier alpha value is -0.960. The third-order valence-electron chi connectivity index (χ3n) is 2.46. The fraction of sp³-hybridized carbons (Fsp3) is 0.500. The van der Waals surface area contributed by atoms with Crippen molar-refractivity contribution in [2.45, 2.75) is 39.5 Å². The number of nitrogens with zero attached hydrogens (tertiary/aromatic N) is 2. The lowest BCUT2D eigenvalue weighted by Crippen LogP contribution is -1.90. The molecule has 0 aromatic carbocycles. The lowest BCUT2D eigenvalue weighted by molar-refractivity contribution is 0.847. The van der Waals surface area contributed by atoms with E-state index in [0.717, 1.165) is 10.3 Å². The summed E-state index contributed by atoms with van der Waals surface area (Å²) in [7, 11) is 0. The van der Waals surface area contributed by atoms with Gasteiger partial charge < -0.3 is 0 Å². The highest BCUT2D eigenvalue weighted by molar-refractivity contribution is 7.18. The van der Waals surface area contributed by atoms with Crippen LogP contribution in [0.5, 0.6) is 0 Å². The van der Waals surface area contributed by atoms with E-state index in [0.29, 0.717) is 11.8 Å². The van der Waals surface area contributed by atoms with Crippen LogP contribution in [0.15, 0.2) is 12.3 Å². The van der Waals surface area contributed by atoms with Gasteiger partial charge in [-0.1, -0.05) is 39.0 Å². The SMILES string of the molecule is CC(C)c1nc2c(C(C)C)ccnc2s1. The predicted molar refractivity (Wildman–Crippen MR) is 65.6 cm³/mol. The van der Waals surface area contributed by atoms with E-state index in [1.807, 2.05) is 6.20 Å². The molecule has 0 bridgehead atoms. The van der Waals surface area contributed by atoms with Crippen LogP contribution >= 0.6 is 11.3 Å². The lowest BCUT2D eigenvalue weighted by atomic mass is 10.0. The van der Waals surface area contributed by atoms with Crippen molar-refractivity contribution in [3.63, 3.8) is 0 Å². The van der Waals surface area contributed by atoms with Gasteiger partial charge in [0, 0.05) is 12.1 Å². The first-order chi connectivity index (χ1) is 7.09. The van der Waals surface area contributed by atoms with Crippen LogP contribution in [0, 0.1) is 0 Å². The fourth-order valence-corrected chi connectivity index (χ4v) is 2.53. The van der Waals surface area contributed by atoms with Crippen LogP contribution in [0.2, 0.25) is 0 Å². The Balaban J connectivity index is 2.64. The Morgan fingerprint density at radius 3 is 2.47 bits per heavy atom. The van der Waals surface area contributed by atoms with Crippen molar-refractivity contribution in [3.05, 3.63) is 22.8 Å². The minimum Gasteiger partial charge on any atom is -0.244 e. The van der Waals surface area contributed by atoms with E-state index in [2.05, 4.69) is 43.7 Å². The molecule has 0 amide bonds. The average Bonchev–Trinajstić information content (AvgIpc) is 2.60. The summed E-state index contributed by atoms with van der Waals surface area (Å²) in [6, 6.07) is 2.08. The van der Waals surface area contributed by atoms with Crippen LogP contribution in [0.1, 0.15) is 50.1 Å². The second-order valence-electron chi connectivity index (χ2n) is 4.42. The van der Waals surface area contributed by atoms with Gasteiger partial charge in [0.25, 0.3) is 0 Å². The van der Waals surface area contributed by atoms with Crippen LogP contribution in [0.25, 0.3) is 10.3 Å². The molecule has 2 rings (SSSR count). The molecule has 80 valence electrons. The summed E-state index contributed by atoms with van der Waals surface area (Å²) in [4.78, 5) is 10.1. The van der Waals surface area contributed by atoms with Gasteiger partial charge in [-0.05, 0) is 17.5 Å². The second-order valence-corrected chi connectivity index (χ2v) is 5.42. The molecule has 0 radical (unpaired) electrons. The van der Waals surface area contributed by atoms with Gasteiger partial charge in [-0.3, -0.25) is 0 Å². The van der Waals surface area contributed by atoms with E-state index in [4.69, 9.17) is 0 Å². The maximum Gasteiger partial charge on any atom is 0.143 e. The minimum atomic E-state index is 0.490. The number of fused-ring (bicyclic) bond motifs is 1. The van der Waals surface area contributed by atoms with E-state index < -0.39 is 0 Å². The van der Waals surface area contributed by atoms with E-state index in [9.17, 15) is 0 Å². The molecule has 2 nitrogen and oxygen atoms in total. The Morgan fingerprint density at radius 1 is 1.13 bits per heavy atom. The number of rotatable bonds is 2. The van der Waals surface area contributed by atoms with Crippen molar-refractivity contribution < 1.29 is 0 Å². The summed E-state index contributed by atoms with van der Waals surface area (Å²) in [5.41, 5.74) is 2.41. The summed E-state index contributed by atoms with van der Waals surface area (Å²) in [5.74, 6) is 1.00. The third-order valence-corrected chi connectivity index (χ3v) is 3.72. The number of pyridine rings is 1. The van der Waals surface area contributed by atoms with Crippen molar-refractivity contribution in [2.24, 2.45) is 0 Å². The topological polar surface area (TPSA) is 25.8 Å². The van der Waals surface area contributed by atoms with Crippen LogP contribution < -0.4 is 0 Å². The third kappa shape index (κ3) is 1.88. The van der Waals surface area contributed by atoms with Crippen molar-refractivity contribution >= 4 is 21.7 Å². The number of hydrogen-bond acceptors (Lipinski definition) is 3. The summed E-state index contributed by atoms with van der Waals surface area (Å²) in [6.45, 7) is 8.74. The monoisotopic (exact) mass is 220 g/mol. The van der Waals surface area contributed by atoms with E-state index in [1.54, 1.807) is 11.3 Å². The number of hydrogen-bond donors (Lipinski definition) is 0. The quantitative estimate of drug-likeness (QED) is 0.766.